The van der Waals surface area contributed by atoms with Gasteiger partial charge in [-0.2, -0.15) is 0 Å². The van der Waals surface area contributed by atoms with Gasteiger partial charge in [-0.15, -0.1) is 0 Å². The van der Waals surface area contributed by atoms with Crippen molar-refractivity contribution in [1.29, 1.82) is 0 Å². The molecule has 0 saturated heterocycles. The van der Waals surface area contributed by atoms with Gasteiger partial charge in [0.1, 0.15) is 0 Å². The van der Waals surface area contributed by atoms with Gasteiger partial charge in [-0.25, -0.2) is 0 Å². The molecule has 3 heteroatoms. The molecule has 0 unspecified atom stereocenters. The Kier molecular flexibility index (Phi) is 9.40. The summed E-state index contributed by atoms with van der Waals surface area (Å²) in [6.07, 6.45) is 0. The fourth-order valence-electron chi connectivity index (χ4n) is 11.1. The predicted molar refractivity (Wildman–Crippen MR) is 284 cm³/mol. The van der Waals surface area contributed by atoms with E-state index in [4.69, 9.17) is 0 Å². The molecule has 1 aliphatic heterocycles. The second-order valence-corrected chi connectivity index (χ2v) is 17.7. The summed E-state index contributed by atoms with van der Waals surface area (Å²) >= 11 is 0. The van der Waals surface area contributed by atoms with E-state index in [1.165, 1.54) is 55.3 Å². The molecule has 2 aliphatic rings. The maximum Gasteiger partial charge on any atom is 0.0755 e. The van der Waals surface area contributed by atoms with Crippen molar-refractivity contribution in [2.75, 3.05) is 14.7 Å². The summed E-state index contributed by atoms with van der Waals surface area (Å²) in [5.41, 5.74) is 19.2. The van der Waals surface area contributed by atoms with Crippen LogP contribution in [0.15, 0.2) is 273 Å². The summed E-state index contributed by atoms with van der Waals surface area (Å²) in [5.74, 6) is 0. The topological polar surface area (TPSA) is 9.72 Å². The lowest BCUT2D eigenvalue weighted by molar-refractivity contribution is 0.752. The quantitative estimate of drug-likeness (QED) is 0.151. The highest BCUT2D eigenvalue weighted by Crippen LogP contribution is 2.64. The summed E-state index contributed by atoms with van der Waals surface area (Å²) in [7, 11) is 0. The van der Waals surface area contributed by atoms with E-state index in [0.29, 0.717) is 0 Å². The zero-order chi connectivity index (χ0) is 45.0. The van der Waals surface area contributed by atoms with Crippen LogP contribution in [0, 0.1) is 0 Å². The third-order valence-electron chi connectivity index (χ3n) is 14.0. The number of hydrogen-bond donors (Lipinski definition) is 0. The summed E-state index contributed by atoms with van der Waals surface area (Å²) in [5, 5.41) is 2.41. The van der Waals surface area contributed by atoms with Gasteiger partial charge in [0.15, 0.2) is 0 Å². The highest BCUT2D eigenvalue weighted by Gasteiger charge is 2.52. The molecule has 11 aromatic rings. The molecule has 0 amide bonds. The lowest BCUT2D eigenvalue weighted by Gasteiger charge is -2.45. The first-order valence-corrected chi connectivity index (χ1v) is 23.4. The molecular formula is C65H45N3. The molecule has 68 heavy (non-hydrogen) atoms. The van der Waals surface area contributed by atoms with E-state index in [0.717, 1.165) is 51.2 Å². The molecule has 1 aliphatic carbocycles. The Balaban J connectivity index is 1.10. The van der Waals surface area contributed by atoms with E-state index in [2.05, 4.69) is 288 Å². The average molecular weight is 868 g/mol. The van der Waals surface area contributed by atoms with Gasteiger partial charge in [0, 0.05) is 39.5 Å². The molecule has 0 atom stereocenters. The molecule has 0 N–H and O–H groups in total. The first-order valence-electron chi connectivity index (χ1n) is 23.4. The molecular weight excluding hydrogens is 823 g/mol. The predicted octanol–water partition coefficient (Wildman–Crippen LogP) is 17.6. The van der Waals surface area contributed by atoms with E-state index < -0.39 is 5.41 Å². The standard InChI is InChI=1S/C65H45N3/c1-5-21-46(22-6-1)48-25-19-32-52(43-48)66(49-26-7-2-8-27-49)53-39-41-56-57-42-40-54(67(50-28-9-3-10-29-50)62-38-20-24-47-23-13-14-33-55(47)62)45-61(57)65(60(56)44-53)58-34-15-17-36-63(58)68(51-30-11-4-12-31-51)64-37-18-16-35-59(64)65/h1-45H. The largest absolute Gasteiger partial charge is 0.310 e. The van der Waals surface area contributed by atoms with Crippen LogP contribution in [0.2, 0.25) is 0 Å². The number of rotatable bonds is 8. The van der Waals surface area contributed by atoms with Crippen LogP contribution in [-0.4, -0.2) is 0 Å². The number of nitrogens with zero attached hydrogens (tertiary/aromatic N) is 3. The number of anilines is 9. The van der Waals surface area contributed by atoms with Crippen molar-refractivity contribution in [1.82, 2.24) is 0 Å². The van der Waals surface area contributed by atoms with Crippen molar-refractivity contribution in [2.45, 2.75) is 5.41 Å². The minimum absolute atomic E-state index is 0.704. The lowest BCUT2D eigenvalue weighted by Crippen LogP contribution is -2.36. The van der Waals surface area contributed by atoms with Crippen molar-refractivity contribution in [3.63, 3.8) is 0 Å². The monoisotopic (exact) mass is 867 g/mol. The smallest absolute Gasteiger partial charge is 0.0755 e. The normalized spacial score (nSPS) is 12.8. The fourth-order valence-corrected chi connectivity index (χ4v) is 11.1. The van der Waals surface area contributed by atoms with E-state index in [1.54, 1.807) is 0 Å². The first-order chi connectivity index (χ1) is 33.8. The maximum atomic E-state index is 2.49. The molecule has 0 fully saturated rings. The van der Waals surface area contributed by atoms with Crippen molar-refractivity contribution >= 4 is 62.0 Å². The van der Waals surface area contributed by atoms with Crippen molar-refractivity contribution < 1.29 is 0 Å². The summed E-state index contributed by atoms with van der Waals surface area (Å²) in [4.78, 5) is 7.32. The van der Waals surface area contributed by atoms with E-state index in [9.17, 15) is 0 Å². The molecule has 0 bridgehead atoms. The van der Waals surface area contributed by atoms with Crippen LogP contribution >= 0.6 is 0 Å². The highest BCUT2D eigenvalue weighted by molar-refractivity contribution is 6.01. The minimum atomic E-state index is -0.704. The molecule has 0 aromatic heterocycles. The second-order valence-electron chi connectivity index (χ2n) is 17.7. The van der Waals surface area contributed by atoms with Gasteiger partial charge in [-0.05, 0) is 141 Å². The second kappa shape index (κ2) is 16.2. The maximum absolute atomic E-state index is 2.49. The molecule has 1 heterocycles. The van der Waals surface area contributed by atoms with Crippen LogP contribution in [0.25, 0.3) is 33.0 Å². The Labute approximate surface area is 397 Å². The van der Waals surface area contributed by atoms with Gasteiger partial charge in [-0.3, -0.25) is 0 Å². The average Bonchev–Trinajstić information content (AvgIpc) is 3.69. The van der Waals surface area contributed by atoms with Gasteiger partial charge in [0.25, 0.3) is 0 Å². The molecule has 13 rings (SSSR count). The number of benzene rings is 11. The molecule has 1 spiro atoms. The van der Waals surface area contributed by atoms with Crippen molar-refractivity contribution in [3.8, 4) is 22.3 Å². The van der Waals surface area contributed by atoms with Crippen molar-refractivity contribution in [3.05, 3.63) is 295 Å². The minimum Gasteiger partial charge on any atom is -0.310 e. The van der Waals surface area contributed by atoms with Crippen LogP contribution < -0.4 is 14.7 Å². The van der Waals surface area contributed by atoms with Gasteiger partial charge >= 0.3 is 0 Å². The Hall–Kier alpha value is -8.92. The SMILES string of the molecule is c1ccc(-c2cccc(N(c3ccccc3)c3ccc4c(c3)C3(c5cc(N(c6ccccc6)c6cccc7ccccc67)ccc5-4)c4ccccc4N(c4ccccc4)c4ccccc43)c2)cc1. The zero-order valence-corrected chi connectivity index (χ0v) is 37.3. The zero-order valence-electron chi connectivity index (χ0n) is 37.3. The third-order valence-corrected chi connectivity index (χ3v) is 14.0. The summed E-state index contributed by atoms with van der Waals surface area (Å²) in [6, 6.07) is 100.0. The Bertz CT molecular complexity index is 3590. The number of hydrogen-bond acceptors (Lipinski definition) is 3. The Morgan fingerprint density at radius 3 is 1.40 bits per heavy atom. The Morgan fingerprint density at radius 1 is 0.294 bits per heavy atom. The van der Waals surface area contributed by atoms with E-state index in [1.807, 2.05) is 0 Å². The first kappa shape index (κ1) is 39.4. The van der Waals surface area contributed by atoms with Crippen LogP contribution in [0.5, 0.6) is 0 Å². The van der Waals surface area contributed by atoms with Gasteiger partial charge in [-0.1, -0.05) is 182 Å². The van der Waals surface area contributed by atoms with Crippen LogP contribution in [0.3, 0.4) is 0 Å². The number of fused-ring (bicyclic) bond motifs is 10. The van der Waals surface area contributed by atoms with Crippen LogP contribution in [-0.2, 0) is 5.41 Å². The van der Waals surface area contributed by atoms with E-state index >= 15 is 0 Å². The van der Waals surface area contributed by atoms with Gasteiger partial charge < -0.3 is 14.7 Å². The fraction of sp³-hybridized carbons (Fsp3) is 0.0154. The molecule has 3 nitrogen and oxygen atoms in total. The van der Waals surface area contributed by atoms with Gasteiger partial charge in [0.2, 0.25) is 0 Å². The molecule has 320 valence electrons. The summed E-state index contributed by atoms with van der Waals surface area (Å²) < 4.78 is 0. The van der Waals surface area contributed by atoms with Crippen LogP contribution in [0.4, 0.5) is 51.2 Å². The molecule has 0 radical (unpaired) electrons. The molecule has 0 saturated carbocycles. The number of para-hydroxylation sites is 5. The highest BCUT2D eigenvalue weighted by atomic mass is 15.2. The molecule has 11 aromatic carbocycles. The van der Waals surface area contributed by atoms with Gasteiger partial charge in [0.05, 0.1) is 22.5 Å². The summed E-state index contributed by atoms with van der Waals surface area (Å²) in [6.45, 7) is 0. The van der Waals surface area contributed by atoms with E-state index in [-0.39, 0.29) is 0 Å². The van der Waals surface area contributed by atoms with Crippen LogP contribution in [0.1, 0.15) is 22.3 Å². The van der Waals surface area contributed by atoms with Crippen molar-refractivity contribution in [2.24, 2.45) is 0 Å². The lowest BCUT2D eigenvalue weighted by atomic mass is 9.64. The Morgan fingerprint density at radius 2 is 0.750 bits per heavy atom. The third kappa shape index (κ3) is 6.21.